The van der Waals surface area contributed by atoms with E-state index in [4.69, 9.17) is 0 Å². The van der Waals surface area contributed by atoms with Crippen LogP contribution in [0.5, 0.6) is 0 Å². The third-order valence-corrected chi connectivity index (χ3v) is 5.75. The minimum absolute atomic E-state index is 0.325. The smallest absolute Gasteiger partial charge is 0.151 e. The van der Waals surface area contributed by atoms with Gasteiger partial charge in [-0.15, -0.1) is 0 Å². The summed E-state index contributed by atoms with van der Waals surface area (Å²) >= 11 is 0. The number of rotatable bonds is 4. The van der Waals surface area contributed by atoms with E-state index in [1.54, 1.807) is 6.20 Å². The molecule has 0 amide bonds. The van der Waals surface area contributed by atoms with E-state index in [1.807, 2.05) is 48.1 Å². The van der Waals surface area contributed by atoms with E-state index in [9.17, 15) is 9.65 Å². The third kappa shape index (κ3) is 3.44. The van der Waals surface area contributed by atoms with E-state index in [1.165, 1.54) is 11.6 Å². The van der Waals surface area contributed by atoms with Gasteiger partial charge >= 0.3 is 0 Å². The highest BCUT2D eigenvalue weighted by Crippen LogP contribution is 2.36. The van der Waals surface area contributed by atoms with Gasteiger partial charge in [0, 0.05) is 39.1 Å². The van der Waals surface area contributed by atoms with Gasteiger partial charge in [-0.2, -0.15) is 5.26 Å². The molecule has 0 radical (unpaired) electrons. The van der Waals surface area contributed by atoms with E-state index >= 15 is 0 Å². The molecule has 1 aliphatic heterocycles. The number of aryl methyl sites for hydroxylation is 1. The van der Waals surface area contributed by atoms with E-state index in [-0.39, 0.29) is 5.82 Å². The topological polar surface area (TPSA) is 44.9 Å². The summed E-state index contributed by atoms with van der Waals surface area (Å²) in [6, 6.07) is 18.0. The summed E-state index contributed by atoms with van der Waals surface area (Å²) < 4.78 is 16.7. The van der Waals surface area contributed by atoms with Crippen LogP contribution in [0, 0.1) is 17.1 Å². The highest BCUT2D eigenvalue weighted by molar-refractivity contribution is 5.56. The average Bonchev–Trinajstić information content (AvgIpc) is 3.15. The molecule has 0 bridgehead atoms. The van der Waals surface area contributed by atoms with Gasteiger partial charge in [0.05, 0.1) is 17.2 Å². The molecule has 0 aliphatic carbocycles. The molecule has 4 rings (SSSR count). The zero-order chi connectivity index (χ0) is 19.6. The van der Waals surface area contributed by atoms with E-state index < -0.39 is 5.41 Å². The fourth-order valence-electron chi connectivity index (χ4n) is 3.99. The number of likely N-dealkylation sites (tertiary alicyclic amines) is 1. The lowest BCUT2D eigenvalue weighted by Crippen LogP contribution is -2.41. The first-order valence-electron chi connectivity index (χ1n) is 9.56. The van der Waals surface area contributed by atoms with Crippen LogP contribution in [0.3, 0.4) is 0 Å². The summed E-state index contributed by atoms with van der Waals surface area (Å²) in [6.07, 6.45) is 4.91. The number of benzene rings is 1. The summed E-state index contributed by atoms with van der Waals surface area (Å²) in [6.45, 7) is 2.49. The lowest BCUT2D eigenvalue weighted by Gasteiger charge is -2.37. The quantitative estimate of drug-likeness (QED) is 0.685. The van der Waals surface area contributed by atoms with Crippen molar-refractivity contribution in [2.24, 2.45) is 7.05 Å². The van der Waals surface area contributed by atoms with E-state index in [0.29, 0.717) is 24.1 Å². The van der Waals surface area contributed by atoms with Crippen molar-refractivity contribution in [2.75, 3.05) is 13.1 Å². The first kappa shape index (κ1) is 18.4. The summed E-state index contributed by atoms with van der Waals surface area (Å²) in [5, 5.41) is 9.94. The number of piperidine rings is 1. The Bertz CT molecular complexity index is 995. The summed E-state index contributed by atoms with van der Waals surface area (Å²) in [7, 11) is 1.86. The summed E-state index contributed by atoms with van der Waals surface area (Å²) in [4.78, 5) is 6.73. The summed E-state index contributed by atoms with van der Waals surface area (Å²) in [5.41, 5.74) is 2.34. The van der Waals surface area contributed by atoms with Crippen LogP contribution in [-0.2, 0) is 19.0 Å². The predicted octanol–water partition coefficient (Wildman–Crippen LogP) is 4.28. The molecule has 3 aromatic rings. The number of hydrogen-bond acceptors (Lipinski definition) is 3. The predicted molar refractivity (Wildman–Crippen MR) is 107 cm³/mol. The molecule has 4 nitrogen and oxygen atoms in total. The molecule has 0 N–H and O–H groups in total. The molecular formula is C23H23FN4. The van der Waals surface area contributed by atoms with Crippen molar-refractivity contribution in [3.05, 3.63) is 77.9 Å². The molecule has 1 fully saturated rings. The number of pyridine rings is 1. The minimum atomic E-state index is -0.673. The Hall–Kier alpha value is -2.97. The lowest BCUT2D eigenvalue weighted by molar-refractivity contribution is 0.178. The Kier molecular flexibility index (Phi) is 4.97. The number of halogens is 1. The van der Waals surface area contributed by atoms with Gasteiger partial charge in [0.1, 0.15) is 5.69 Å². The first-order valence-corrected chi connectivity index (χ1v) is 9.56. The fraction of sp³-hybridized carbons (Fsp3) is 0.304. The van der Waals surface area contributed by atoms with Gasteiger partial charge in [-0.3, -0.25) is 9.88 Å². The molecule has 0 spiro atoms. The first-order chi connectivity index (χ1) is 13.6. The molecule has 1 aliphatic rings. The standard InChI is InChI=1S/C23H23FN4/c1-27-11-5-8-21(27)22-20(24)14-19(15-26-22)23(17-25)9-12-28(13-10-23)16-18-6-3-2-4-7-18/h2-8,11,14-15H,9-10,12-13,16H2,1H3. The second kappa shape index (κ2) is 7.57. The largest absolute Gasteiger partial charge is 0.349 e. The molecule has 1 saturated heterocycles. The third-order valence-electron chi connectivity index (χ3n) is 5.75. The van der Waals surface area contributed by atoms with Gasteiger partial charge in [0.2, 0.25) is 0 Å². The number of nitriles is 1. The number of hydrogen-bond donors (Lipinski definition) is 0. The minimum Gasteiger partial charge on any atom is -0.349 e. The molecule has 28 heavy (non-hydrogen) atoms. The van der Waals surface area contributed by atoms with Gasteiger partial charge in [-0.25, -0.2) is 4.39 Å². The number of nitrogens with zero attached hydrogens (tertiary/aromatic N) is 4. The maximum absolute atomic E-state index is 14.8. The van der Waals surface area contributed by atoms with Crippen molar-refractivity contribution < 1.29 is 4.39 Å². The van der Waals surface area contributed by atoms with Crippen molar-refractivity contribution >= 4 is 0 Å². The molecule has 142 valence electrons. The van der Waals surface area contributed by atoms with Gasteiger partial charge < -0.3 is 4.57 Å². The Morgan fingerprint density at radius 2 is 1.89 bits per heavy atom. The van der Waals surface area contributed by atoms with Gasteiger partial charge in [-0.05, 0) is 42.2 Å². The van der Waals surface area contributed by atoms with Crippen molar-refractivity contribution in [1.29, 1.82) is 5.26 Å². The zero-order valence-corrected chi connectivity index (χ0v) is 16.0. The van der Waals surface area contributed by atoms with Crippen LogP contribution >= 0.6 is 0 Å². The molecular weight excluding hydrogens is 351 g/mol. The average molecular weight is 374 g/mol. The maximum Gasteiger partial charge on any atom is 0.151 e. The van der Waals surface area contributed by atoms with Crippen LogP contribution in [0.1, 0.15) is 24.0 Å². The Morgan fingerprint density at radius 1 is 1.14 bits per heavy atom. The molecule has 0 atom stereocenters. The zero-order valence-electron chi connectivity index (χ0n) is 16.0. The van der Waals surface area contributed by atoms with Crippen LogP contribution in [0.4, 0.5) is 4.39 Å². The Balaban J connectivity index is 1.52. The van der Waals surface area contributed by atoms with Crippen LogP contribution in [-0.4, -0.2) is 27.5 Å². The van der Waals surface area contributed by atoms with E-state index in [2.05, 4.69) is 28.1 Å². The second-order valence-corrected chi connectivity index (χ2v) is 7.51. The van der Waals surface area contributed by atoms with Crippen LogP contribution in [0.25, 0.3) is 11.4 Å². The Morgan fingerprint density at radius 3 is 2.50 bits per heavy atom. The summed E-state index contributed by atoms with van der Waals surface area (Å²) in [5.74, 6) is -0.374. The highest BCUT2D eigenvalue weighted by Gasteiger charge is 2.37. The normalized spacial score (nSPS) is 16.6. The van der Waals surface area contributed by atoms with Crippen molar-refractivity contribution in [2.45, 2.75) is 24.8 Å². The number of aromatic nitrogens is 2. The second-order valence-electron chi connectivity index (χ2n) is 7.51. The van der Waals surface area contributed by atoms with Crippen molar-refractivity contribution in [1.82, 2.24) is 14.5 Å². The monoisotopic (exact) mass is 374 g/mol. The van der Waals surface area contributed by atoms with Gasteiger partial charge in [0.25, 0.3) is 0 Å². The van der Waals surface area contributed by atoms with Gasteiger partial charge in [0.15, 0.2) is 5.82 Å². The maximum atomic E-state index is 14.8. The molecule has 0 saturated carbocycles. The fourth-order valence-corrected chi connectivity index (χ4v) is 3.99. The van der Waals surface area contributed by atoms with E-state index in [0.717, 1.165) is 25.3 Å². The highest BCUT2D eigenvalue weighted by atomic mass is 19.1. The lowest BCUT2D eigenvalue weighted by atomic mass is 9.74. The molecule has 1 aromatic carbocycles. The molecule has 2 aromatic heterocycles. The van der Waals surface area contributed by atoms with Crippen LogP contribution < -0.4 is 0 Å². The van der Waals surface area contributed by atoms with Crippen LogP contribution in [0.15, 0.2) is 60.9 Å². The van der Waals surface area contributed by atoms with Crippen molar-refractivity contribution in [3.63, 3.8) is 0 Å². The van der Waals surface area contributed by atoms with Gasteiger partial charge in [-0.1, -0.05) is 30.3 Å². The Labute approximate surface area is 164 Å². The molecule has 5 heteroatoms. The SMILES string of the molecule is Cn1cccc1-c1ncc(C2(C#N)CCN(Cc3ccccc3)CC2)cc1F. The van der Waals surface area contributed by atoms with Crippen molar-refractivity contribution in [3.8, 4) is 17.5 Å². The molecule has 0 unspecified atom stereocenters. The van der Waals surface area contributed by atoms with Crippen LogP contribution in [0.2, 0.25) is 0 Å². The molecule has 3 heterocycles.